The van der Waals surface area contributed by atoms with Crippen molar-refractivity contribution in [1.29, 1.82) is 0 Å². The minimum atomic E-state index is -0.445. The van der Waals surface area contributed by atoms with E-state index in [2.05, 4.69) is 20.6 Å². The van der Waals surface area contributed by atoms with E-state index in [-0.39, 0.29) is 18.4 Å². The van der Waals surface area contributed by atoms with Gasteiger partial charge in [-0.3, -0.25) is 4.79 Å². The Morgan fingerprint density at radius 3 is 2.72 bits per heavy atom. The largest absolute Gasteiger partial charge is 0.459 e. The predicted molar refractivity (Wildman–Crippen MR) is 95.5 cm³/mol. The summed E-state index contributed by atoms with van der Waals surface area (Å²) in [5.41, 5.74) is 1.18. The fraction of sp³-hybridized carbons (Fsp3) is 0.333. The maximum absolute atomic E-state index is 12.1. The summed E-state index contributed by atoms with van der Waals surface area (Å²) in [5, 5.41) is 5.73. The minimum Gasteiger partial charge on any atom is -0.459 e. The van der Waals surface area contributed by atoms with Crippen molar-refractivity contribution in [3.63, 3.8) is 0 Å². The van der Waals surface area contributed by atoms with E-state index in [1.165, 1.54) is 0 Å². The molecule has 0 spiro atoms. The van der Waals surface area contributed by atoms with Crippen LogP contribution >= 0.6 is 0 Å². The lowest BCUT2D eigenvalue weighted by molar-refractivity contribution is -0.116. The molecule has 0 saturated carbocycles. The molecule has 2 rings (SSSR count). The lowest BCUT2D eigenvalue weighted by Gasteiger charge is -2.12. The van der Waals surface area contributed by atoms with Gasteiger partial charge in [0.15, 0.2) is 0 Å². The van der Waals surface area contributed by atoms with Gasteiger partial charge in [0, 0.05) is 24.9 Å². The van der Waals surface area contributed by atoms with Crippen LogP contribution in [0.1, 0.15) is 36.3 Å². The van der Waals surface area contributed by atoms with Gasteiger partial charge < -0.3 is 15.4 Å². The fourth-order valence-electron chi connectivity index (χ4n) is 2.10. The first-order valence-corrected chi connectivity index (χ1v) is 8.09. The van der Waals surface area contributed by atoms with Crippen molar-refractivity contribution < 1.29 is 14.3 Å². The Morgan fingerprint density at radius 1 is 1.20 bits per heavy atom. The molecule has 0 aromatic carbocycles. The molecular formula is C18H22N4O3. The Hall–Kier alpha value is -2.96. The van der Waals surface area contributed by atoms with Crippen LogP contribution < -0.4 is 10.6 Å². The Balaban J connectivity index is 1.89. The van der Waals surface area contributed by atoms with Crippen LogP contribution in [0.2, 0.25) is 0 Å². The van der Waals surface area contributed by atoms with Crippen molar-refractivity contribution in [1.82, 2.24) is 9.97 Å². The summed E-state index contributed by atoms with van der Waals surface area (Å²) in [6.45, 7) is 5.75. The summed E-state index contributed by atoms with van der Waals surface area (Å²) in [4.78, 5) is 32.4. The number of pyridine rings is 2. The van der Waals surface area contributed by atoms with Crippen LogP contribution in [0.15, 0.2) is 36.5 Å². The second kappa shape index (κ2) is 8.77. The summed E-state index contributed by atoms with van der Waals surface area (Å²) < 4.78 is 5.19. The van der Waals surface area contributed by atoms with Crippen LogP contribution in [0.25, 0.3) is 0 Å². The molecule has 0 aliphatic rings. The number of aromatic nitrogens is 2. The highest BCUT2D eigenvalue weighted by molar-refractivity contribution is 5.95. The number of nitrogens with one attached hydrogen (secondary N) is 2. The summed E-state index contributed by atoms with van der Waals surface area (Å²) in [5.74, 6) is 0.297. The summed E-state index contributed by atoms with van der Waals surface area (Å²) >= 11 is 0. The van der Waals surface area contributed by atoms with E-state index in [4.69, 9.17) is 4.74 Å². The fourth-order valence-corrected chi connectivity index (χ4v) is 2.10. The van der Waals surface area contributed by atoms with Gasteiger partial charge >= 0.3 is 5.97 Å². The average molecular weight is 342 g/mol. The normalized spacial score (nSPS) is 10.4. The smallest absolute Gasteiger partial charge is 0.342 e. The molecule has 0 bridgehead atoms. The number of nitrogens with zero attached hydrogens (tertiary/aromatic N) is 2. The van der Waals surface area contributed by atoms with Crippen LogP contribution in [-0.4, -0.2) is 34.5 Å². The quantitative estimate of drug-likeness (QED) is 0.752. The van der Waals surface area contributed by atoms with Gasteiger partial charge in [0.2, 0.25) is 5.91 Å². The van der Waals surface area contributed by atoms with Gasteiger partial charge in [0.25, 0.3) is 0 Å². The molecule has 0 fully saturated rings. The van der Waals surface area contributed by atoms with E-state index in [9.17, 15) is 9.59 Å². The van der Waals surface area contributed by atoms with Gasteiger partial charge in [0.1, 0.15) is 17.2 Å². The lowest BCUT2D eigenvalue weighted by atomic mass is 10.2. The van der Waals surface area contributed by atoms with Gasteiger partial charge in [0.05, 0.1) is 6.10 Å². The number of carbonyl (C=O) groups excluding carboxylic acids is 2. The van der Waals surface area contributed by atoms with E-state index in [1.807, 2.05) is 19.1 Å². The summed E-state index contributed by atoms with van der Waals surface area (Å²) in [6, 6.07) is 8.72. The Kier molecular flexibility index (Phi) is 6.45. The molecule has 2 aromatic heterocycles. The van der Waals surface area contributed by atoms with Crippen LogP contribution in [0.4, 0.5) is 11.6 Å². The zero-order chi connectivity index (χ0) is 18.2. The first-order valence-electron chi connectivity index (χ1n) is 8.09. The zero-order valence-electron chi connectivity index (χ0n) is 14.6. The molecule has 2 aromatic rings. The molecular weight excluding hydrogens is 320 g/mol. The first kappa shape index (κ1) is 18.4. The third-order valence-corrected chi connectivity index (χ3v) is 3.17. The van der Waals surface area contributed by atoms with Gasteiger partial charge in [-0.05, 0) is 45.0 Å². The molecule has 7 heteroatoms. The Bertz CT molecular complexity index is 747. The van der Waals surface area contributed by atoms with E-state index in [0.717, 1.165) is 5.69 Å². The third-order valence-electron chi connectivity index (χ3n) is 3.17. The lowest BCUT2D eigenvalue weighted by Crippen LogP contribution is -2.19. The van der Waals surface area contributed by atoms with Gasteiger partial charge in [-0.1, -0.05) is 6.07 Å². The van der Waals surface area contributed by atoms with E-state index >= 15 is 0 Å². The van der Waals surface area contributed by atoms with Crippen molar-refractivity contribution in [2.24, 2.45) is 0 Å². The summed E-state index contributed by atoms with van der Waals surface area (Å²) in [7, 11) is 0. The Labute approximate surface area is 146 Å². The number of ether oxygens (including phenoxy) is 1. The van der Waals surface area contributed by atoms with Crippen LogP contribution in [0.5, 0.6) is 0 Å². The third kappa shape index (κ3) is 5.87. The van der Waals surface area contributed by atoms with E-state index in [0.29, 0.717) is 23.7 Å². The zero-order valence-corrected chi connectivity index (χ0v) is 14.6. The first-order chi connectivity index (χ1) is 12.0. The highest BCUT2D eigenvalue weighted by atomic mass is 16.5. The second-order valence-corrected chi connectivity index (χ2v) is 5.74. The molecule has 0 aliphatic heterocycles. The van der Waals surface area contributed by atoms with Crippen molar-refractivity contribution in [3.8, 4) is 0 Å². The molecule has 0 atom stereocenters. The number of aryl methyl sites for hydroxylation is 1. The highest BCUT2D eigenvalue weighted by Gasteiger charge is 2.15. The maximum atomic E-state index is 12.1. The average Bonchev–Trinajstić information content (AvgIpc) is 2.54. The van der Waals surface area contributed by atoms with Gasteiger partial charge in [-0.2, -0.15) is 0 Å². The van der Waals surface area contributed by atoms with Crippen LogP contribution in [-0.2, 0) is 9.53 Å². The van der Waals surface area contributed by atoms with E-state index in [1.54, 1.807) is 38.2 Å². The molecule has 0 unspecified atom stereocenters. The molecule has 2 N–H and O–H groups in total. The second-order valence-electron chi connectivity index (χ2n) is 5.74. The maximum Gasteiger partial charge on any atom is 0.342 e. The highest BCUT2D eigenvalue weighted by Crippen LogP contribution is 2.14. The van der Waals surface area contributed by atoms with Crippen molar-refractivity contribution in [2.75, 3.05) is 17.2 Å². The van der Waals surface area contributed by atoms with E-state index < -0.39 is 5.97 Å². The number of carbonyl (C=O) groups is 2. The molecule has 0 radical (unpaired) electrons. The number of hydrogen-bond donors (Lipinski definition) is 2. The van der Waals surface area contributed by atoms with Gasteiger partial charge in [-0.25, -0.2) is 14.8 Å². The SMILES string of the molecule is Cc1cccc(NC(=O)CCNc2ncccc2C(=O)OC(C)C)n1. The van der Waals surface area contributed by atoms with Gasteiger partial charge in [-0.15, -0.1) is 0 Å². The minimum absolute atomic E-state index is 0.173. The topological polar surface area (TPSA) is 93.2 Å². The number of esters is 1. The van der Waals surface area contributed by atoms with Crippen molar-refractivity contribution in [2.45, 2.75) is 33.3 Å². The standard InChI is InChI=1S/C18H22N4O3/c1-12(2)25-18(24)14-7-5-10-19-17(14)20-11-9-16(23)22-15-8-4-6-13(3)21-15/h4-8,10,12H,9,11H2,1-3H3,(H,19,20)(H,21,22,23). The molecule has 25 heavy (non-hydrogen) atoms. The number of amides is 1. The van der Waals surface area contributed by atoms with Crippen molar-refractivity contribution in [3.05, 3.63) is 47.8 Å². The predicted octanol–water partition coefficient (Wildman–Crippen LogP) is 2.79. The molecule has 132 valence electrons. The molecule has 0 aliphatic carbocycles. The number of anilines is 2. The summed E-state index contributed by atoms with van der Waals surface area (Å²) in [6.07, 6.45) is 1.57. The number of hydrogen-bond acceptors (Lipinski definition) is 6. The van der Waals surface area contributed by atoms with Crippen LogP contribution in [0, 0.1) is 6.92 Å². The van der Waals surface area contributed by atoms with Crippen LogP contribution in [0.3, 0.4) is 0 Å². The van der Waals surface area contributed by atoms with Crippen molar-refractivity contribution >= 4 is 23.5 Å². The molecule has 2 heterocycles. The molecule has 1 amide bonds. The Morgan fingerprint density at radius 2 is 2.00 bits per heavy atom. The number of rotatable bonds is 7. The molecule has 0 saturated heterocycles. The molecule has 7 nitrogen and oxygen atoms in total. The monoisotopic (exact) mass is 342 g/mol.